The fourth-order valence-electron chi connectivity index (χ4n) is 3.71. The number of urea groups is 1. The second-order valence-corrected chi connectivity index (χ2v) is 8.86. The molecule has 1 aliphatic heterocycles. The average Bonchev–Trinajstić information content (AvgIpc) is 2.84. The Morgan fingerprint density at radius 2 is 2.00 bits per heavy atom. The number of aldehydes is 1. The van der Waals surface area contributed by atoms with Crippen molar-refractivity contribution in [3.63, 3.8) is 0 Å². The Morgan fingerprint density at radius 1 is 1.29 bits per heavy atom. The summed E-state index contributed by atoms with van der Waals surface area (Å²) in [6.07, 6.45) is 4.09. The summed E-state index contributed by atoms with van der Waals surface area (Å²) in [6, 6.07) is 6.98. The highest BCUT2D eigenvalue weighted by Gasteiger charge is 2.26. The molecule has 6 N–H and O–H groups in total. The number of hydrogen-bond acceptors (Lipinski definition) is 8. The second kappa shape index (κ2) is 10.5. The molecule has 34 heavy (non-hydrogen) atoms. The summed E-state index contributed by atoms with van der Waals surface area (Å²) in [5, 5.41) is 6.11. The number of hydrogen-bond donors (Lipinski definition) is 4. The van der Waals surface area contributed by atoms with E-state index in [0.29, 0.717) is 18.1 Å². The zero-order valence-corrected chi connectivity index (χ0v) is 19.7. The van der Waals surface area contributed by atoms with Crippen molar-refractivity contribution in [3.8, 4) is 0 Å². The molecule has 11 heteroatoms. The van der Waals surface area contributed by atoms with Crippen molar-refractivity contribution in [1.29, 1.82) is 0 Å². The fraction of sp³-hybridized carbons (Fsp3) is 0.435. The summed E-state index contributed by atoms with van der Waals surface area (Å²) in [6.45, 7) is 3.28. The topological polar surface area (TPSA) is 160 Å². The van der Waals surface area contributed by atoms with Gasteiger partial charge in [-0.2, -0.15) is 0 Å². The van der Waals surface area contributed by atoms with Crippen molar-refractivity contribution >= 4 is 35.5 Å². The first-order chi connectivity index (χ1) is 16.2. The summed E-state index contributed by atoms with van der Waals surface area (Å²) in [5.41, 5.74) is 11.9. The predicted octanol–water partition coefficient (Wildman–Crippen LogP) is 0.974. The lowest BCUT2D eigenvalue weighted by Gasteiger charge is -2.34. The van der Waals surface area contributed by atoms with E-state index in [1.165, 1.54) is 11.1 Å². The minimum absolute atomic E-state index is 0.0157. The first kappa shape index (κ1) is 24.9. The maximum atomic E-state index is 12.0. The van der Waals surface area contributed by atoms with Gasteiger partial charge in [0.1, 0.15) is 12.1 Å². The second-order valence-electron chi connectivity index (χ2n) is 8.86. The molecule has 11 nitrogen and oxygen atoms in total. The molecule has 0 aliphatic carbocycles. The number of amides is 3. The molecule has 3 rings (SSSR count). The molecule has 1 aromatic heterocycles. The third-order valence-corrected chi connectivity index (χ3v) is 5.96. The molecule has 1 saturated heterocycles. The molecule has 1 aliphatic rings. The van der Waals surface area contributed by atoms with Crippen LogP contribution in [-0.2, 0) is 10.2 Å². The number of carbonyl (C=O) groups excluding carboxylic acids is 3. The van der Waals surface area contributed by atoms with Crippen molar-refractivity contribution in [2.45, 2.75) is 31.2 Å². The number of primary amides is 1. The Bertz CT molecular complexity index is 1040. The van der Waals surface area contributed by atoms with Gasteiger partial charge in [0.05, 0.1) is 11.6 Å². The van der Waals surface area contributed by atoms with E-state index in [0.717, 1.165) is 31.2 Å². The number of piperidine rings is 1. The van der Waals surface area contributed by atoms with E-state index < -0.39 is 11.3 Å². The van der Waals surface area contributed by atoms with E-state index in [1.807, 2.05) is 4.90 Å². The molecule has 0 bridgehead atoms. The molecule has 2 aromatic rings. The predicted molar refractivity (Wildman–Crippen MR) is 130 cm³/mol. The normalized spacial score (nSPS) is 17.4. The standard InChI is InChI=1S/C23H32N8O3/c1-23(13-24,14-32)15-6-8-16(9-7-15)27-21-19(20(25)33)26-11-18(29-21)31-10-4-5-17(12-31)28-22(34)30(2)3/h6-9,11,14,17H,4-5,10,12-13,24H2,1-3H3,(H2,25,33)(H,27,29)(H,28,34). The number of rotatable bonds is 8. The van der Waals surface area contributed by atoms with E-state index in [-0.39, 0.29) is 30.1 Å². The SMILES string of the molecule is CN(C)C(=O)NC1CCCN(c2cnc(C(N)=O)c(Nc3ccc(C(C)(C=O)CN)cc3)n2)C1. The molecule has 182 valence electrons. The Kier molecular flexibility index (Phi) is 7.67. The van der Waals surface area contributed by atoms with Gasteiger partial charge < -0.3 is 36.7 Å². The van der Waals surface area contributed by atoms with Crippen LogP contribution >= 0.6 is 0 Å². The lowest BCUT2D eigenvalue weighted by molar-refractivity contribution is -0.111. The zero-order chi connectivity index (χ0) is 24.9. The van der Waals surface area contributed by atoms with Crippen molar-refractivity contribution in [2.24, 2.45) is 11.5 Å². The van der Waals surface area contributed by atoms with Gasteiger partial charge in [-0.05, 0) is 37.5 Å². The average molecular weight is 469 g/mol. The van der Waals surface area contributed by atoms with Gasteiger partial charge >= 0.3 is 6.03 Å². The van der Waals surface area contributed by atoms with Gasteiger partial charge in [0.2, 0.25) is 0 Å². The van der Waals surface area contributed by atoms with Gasteiger partial charge in [-0.1, -0.05) is 12.1 Å². The van der Waals surface area contributed by atoms with Crippen LogP contribution in [0.5, 0.6) is 0 Å². The Balaban J connectivity index is 1.82. The van der Waals surface area contributed by atoms with E-state index in [1.54, 1.807) is 45.3 Å². The van der Waals surface area contributed by atoms with Crippen LogP contribution in [-0.4, -0.2) is 72.9 Å². The number of carbonyl (C=O) groups is 3. The van der Waals surface area contributed by atoms with Crippen LogP contribution < -0.4 is 27.0 Å². The lowest BCUT2D eigenvalue weighted by atomic mass is 9.84. The molecular formula is C23H32N8O3. The summed E-state index contributed by atoms with van der Waals surface area (Å²) in [7, 11) is 3.40. The number of aromatic nitrogens is 2. The summed E-state index contributed by atoms with van der Waals surface area (Å²) >= 11 is 0. The number of benzene rings is 1. The van der Waals surface area contributed by atoms with Gasteiger partial charge in [-0.25, -0.2) is 14.8 Å². The molecule has 1 fully saturated rings. The van der Waals surface area contributed by atoms with E-state index in [2.05, 4.69) is 20.6 Å². The number of nitrogens with zero attached hydrogens (tertiary/aromatic N) is 4. The third kappa shape index (κ3) is 5.60. The molecule has 2 unspecified atom stereocenters. The first-order valence-electron chi connectivity index (χ1n) is 11.1. The first-order valence-corrected chi connectivity index (χ1v) is 11.1. The van der Waals surface area contributed by atoms with Gasteiger partial charge in [-0.3, -0.25) is 4.79 Å². The van der Waals surface area contributed by atoms with E-state index >= 15 is 0 Å². The van der Waals surface area contributed by atoms with Crippen LogP contribution in [0.3, 0.4) is 0 Å². The minimum atomic E-state index is -0.774. The van der Waals surface area contributed by atoms with Crippen LogP contribution in [0.4, 0.5) is 22.1 Å². The largest absolute Gasteiger partial charge is 0.364 e. The smallest absolute Gasteiger partial charge is 0.317 e. The number of nitrogens with two attached hydrogens (primary N) is 2. The minimum Gasteiger partial charge on any atom is -0.364 e. The monoisotopic (exact) mass is 468 g/mol. The van der Waals surface area contributed by atoms with Crippen LogP contribution in [0.1, 0.15) is 35.8 Å². The number of nitrogens with one attached hydrogen (secondary N) is 2. The molecular weight excluding hydrogens is 436 g/mol. The van der Waals surface area contributed by atoms with Gasteiger partial charge in [-0.15, -0.1) is 0 Å². The number of anilines is 3. The highest BCUT2D eigenvalue weighted by Crippen LogP contribution is 2.26. The quantitative estimate of drug-likeness (QED) is 0.417. The van der Waals surface area contributed by atoms with Crippen LogP contribution in [0.15, 0.2) is 30.5 Å². The summed E-state index contributed by atoms with van der Waals surface area (Å²) < 4.78 is 0. The van der Waals surface area contributed by atoms with Crippen LogP contribution in [0.25, 0.3) is 0 Å². The molecule has 3 amide bonds. The zero-order valence-electron chi connectivity index (χ0n) is 19.7. The van der Waals surface area contributed by atoms with Crippen molar-refractivity contribution in [3.05, 3.63) is 41.7 Å². The maximum absolute atomic E-state index is 12.0. The Hall–Kier alpha value is -3.73. The lowest BCUT2D eigenvalue weighted by Crippen LogP contribution is -2.50. The highest BCUT2D eigenvalue weighted by atomic mass is 16.2. The van der Waals surface area contributed by atoms with Crippen molar-refractivity contribution in [2.75, 3.05) is 43.9 Å². The molecule has 1 aromatic carbocycles. The van der Waals surface area contributed by atoms with Gasteiger partial charge in [0.15, 0.2) is 11.5 Å². The highest BCUT2D eigenvalue weighted by molar-refractivity contribution is 5.96. The van der Waals surface area contributed by atoms with Crippen LogP contribution in [0.2, 0.25) is 0 Å². The fourth-order valence-corrected chi connectivity index (χ4v) is 3.71. The van der Waals surface area contributed by atoms with Crippen molar-refractivity contribution < 1.29 is 14.4 Å². The van der Waals surface area contributed by atoms with E-state index in [4.69, 9.17) is 11.5 Å². The summed E-state index contributed by atoms with van der Waals surface area (Å²) in [5.74, 6) is 0.100. The Morgan fingerprint density at radius 3 is 2.59 bits per heavy atom. The molecule has 0 saturated carbocycles. The van der Waals surface area contributed by atoms with Crippen molar-refractivity contribution in [1.82, 2.24) is 20.2 Å². The molecule has 2 atom stereocenters. The maximum Gasteiger partial charge on any atom is 0.317 e. The molecule has 2 heterocycles. The van der Waals surface area contributed by atoms with Crippen LogP contribution in [0, 0.1) is 0 Å². The Labute approximate surface area is 198 Å². The van der Waals surface area contributed by atoms with E-state index in [9.17, 15) is 14.4 Å². The summed E-state index contributed by atoms with van der Waals surface area (Å²) in [4.78, 5) is 47.8. The molecule has 0 spiro atoms. The third-order valence-electron chi connectivity index (χ3n) is 5.96. The van der Waals surface area contributed by atoms with Gasteiger partial charge in [0, 0.05) is 45.5 Å². The van der Waals surface area contributed by atoms with Gasteiger partial charge in [0.25, 0.3) is 5.91 Å². The molecule has 0 radical (unpaired) electrons.